The molecule has 0 fully saturated rings. The lowest BCUT2D eigenvalue weighted by Crippen LogP contribution is -2.62. The van der Waals surface area contributed by atoms with Gasteiger partial charge in [-0.15, -0.1) is 0 Å². The highest BCUT2D eigenvalue weighted by Gasteiger charge is 2.48. The first-order valence-corrected chi connectivity index (χ1v) is 31.2. The van der Waals surface area contributed by atoms with Crippen LogP contribution in [0.3, 0.4) is 0 Å². The Kier molecular flexibility index (Phi) is 11.6. The summed E-state index contributed by atoms with van der Waals surface area (Å²) in [5, 5.41) is 2.06. The third-order valence-corrected chi connectivity index (χ3v) is 20.6. The van der Waals surface area contributed by atoms with E-state index in [1.54, 1.807) is 0 Å². The van der Waals surface area contributed by atoms with E-state index in [9.17, 15) is 4.11 Å². The molecule has 1 aromatic heterocycles. The van der Waals surface area contributed by atoms with Crippen LogP contribution in [0.15, 0.2) is 138 Å². The van der Waals surface area contributed by atoms with Gasteiger partial charge in [0.1, 0.15) is 5.58 Å². The van der Waals surface area contributed by atoms with Gasteiger partial charge in [-0.1, -0.05) is 184 Å². The van der Waals surface area contributed by atoms with Crippen LogP contribution in [0, 0.1) is 20.7 Å². The van der Waals surface area contributed by atoms with E-state index in [1.807, 2.05) is 12.1 Å². The highest BCUT2D eigenvalue weighted by atomic mass is 16.3. The predicted molar refractivity (Wildman–Crippen MR) is 363 cm³/mol. The largest absolute Gasteiger partial charge is 0.454 e. The van der Waals surface area contributed by atoms with Gasteiger partial charge in [0.15, 0.2) is 5.58 Å². The maximum Gasteiger partial charge on any atom is 0.252 e. The summed E-state index contributed by atoms with van der Waals surface area (Å²) in [4.78, 5) is 7.32. The van der Waals surface area contributed by atoms with Crippen molar-refractivity contribution in [2.75, 3.05) is 14.7 Å². The number of aryl methyl sites for hydroxylation is 3. The van der Waals surface area contributed by atoms with Crippen LogP contribution in [-0.2, 0) is 37.9 Å². The molecule has 0 atom stereocenters. The van der Waals surface area contributed by atoms with Crippen molar-refractivity contribution < 1.29 is 8.53 Å². The van der Waals surface area contributed by atoms with Gasteiger partial charge >= 0.3 is 0 Å². The Morgan fingerprint density at radius 1 is 0.464 bits per heavy atom. The number of hydrogen-bond donors (Lipinski definition) is 0. The van der Waals surface area contributed by atoms with Gasteiger partial charge in [-0.25, -0.2) is 0 Å². The minimum atomic E-state index is -2.45. The molecular weight excluding hydrogens is 1020 g/mol. The lowest BCUT2D eigenvalue weighted by Gasteiger charge is -2.48. The maximum absolute atomic E-state index is 9.48. The fraction of sp³-hybridized carbons (Fsp3) is 0.392. The smallest absolute Gasteiger partial charge is 0.252 e. The van der Waals surface area contributed by atoms with Crippen molar-refractivity contribution >= 4 is 96.2 Å². The molecule has 9 aromatic rings. The van der Waals surface area contributed by atoms with E-state index < -0.39 is 6.85 Å². The Bertz CT molecular complexity index is 4280. The molecule has 0 bridgehead atoms. The summed E-state index contributed by atoms with van der Waals surface area (Å²) < 4.78 is 35.7. The Morgan fingerprint density at radius 2 is 0.988 bits per heavy atom. The molecule has 0 saturated heterocycles. The number of benzene rings is 8. The number of furan rings is 1. The van der Waals surface area contributed by atoms with Crippen LogP contribution in [0.2, 0.25) is 0 Å². The summed E-state index contributed by atoms with van der Waals surface area (Å²) >= 11 is 0. The average Bonchev–Trinajstić information content (AvgIpc) is 0.857. The van der Waals surface area contributed by atoms with Gasteiger partial charge in [0.05, 0.1) is 5.69 Å². The number of hydrogen-bond acceptors (Lipinski definition) is 4. The van der Waals surface area contributed by atoms with Crippen molar-refractivity contribution in [1.29, 1.82) is 0 Å². The van der Waals surface area contributed by atoms with E-state index in [-0.39, 0.29) is 44.6 Å². The van der Waals surface area contributed by atoms with Gasteiger partial charge in [-0.2, -0.15) is 0 Å². The lowest BCUT2D eigenvalue weighted by atomic mass is 9.33. The Morgan fingerprint density at radius 3 is 1.56 bits per heavy atom. The van der Waals surface area contributed by atoms with E-state index in [4.69, 9.17) is 4.42 Å². The molecule has 0 N–H and O–H groups in total. The minimum Gasteiger partial charge on any atom is -0.454 e. The molecule has 2 aliphatic carbocycles. The zero-order valence-electron chi connectivity index (χ0n) is 56.9. The van der Waals surface area contributed by atoms with Gasteiger partial charge in [-0.3, -0.25) is 0 Å². The summed E-state index contributed by atoms with van der Waals surface area (Å²) in [6.45, 7) is 41.5. The average molecular weight is 1110 g/mol. The summed E-state index contributed by atoms with van der Waals surface area (Å²) in [5.74, 6) is 0. The first-order chi connectivity index (χ1) is 40.4. The molecular formula is C79H90BN3O. The molecule has 0 spiro atoms. The topological polar surface area (TPSA) is 22.9 Å². The van der Waals surface area contributed by atoms with E-state index in [2.05, 4.69) is 268 Å². The molecule has 4 aliphatic rings. The zero-order valence-corrected chi connectivity index (χ0v) is 53.9. The first kappa shape index (κ1) is 52.6. The third-order valence-electron chi connectivity index (χ3n) is 20.6. The van der Waals surface area contributed by atoms with Crippen molar-refractivity contribution in [3.63, 3.8) is 0 Å². The molecule has 5 heteroatoms. The Hall–Kier alpha value is -6.98. The molecule has 8 aromatic carbocycles. The normalized spacial score (nSPS) is 18.1. The van der Waals surface area contributed by atoms with E-state index in [0.717, 1.165) is 110 Å². The SMILES string of the molecule is [2H]C([2H])([2H])c1cc2c3c(c1)N(c1cccc4c1oc1cc(C(C)(C)C)ccc14)c1cc(N(c4ccc(C(C)(C)C)cc4C)c4ccc(C(C)(C)C)cc4C)ccc1B3c1cc3c(cc1N2c1ccc2c(c1)C(C)(C)CCC2(C)C)C(C)(C)CCC3(C)C. The fourth-order valence-corrected chi connectivity index (χ4v) is 15.0. The summed E-state index contributed by atoms with van der Waals surface area (Å²) in [6.07, 6.45) is 4.34. The number of rotatable bonds is 5. The van der Waals surface area contributed by atoms with E-state index >= 15 is 0 Å². The highest BCUT2D eigenvalue weighted by Crippen LogP contribution is 2.54. The zero-order chi connectivity index (χ0) is 62.4. The molecule has 0 saturated carbocycles. The molecule has 0 radical (unpaired) electrons. The second-order valence-electron chi connectivity index (χ2n) is 31.6. The minimum absolute atomic E-state index is 0.0110. The predicted octanol–water partition coefficient (Wildman–Crippen LogP) is 20.7. The van der Waals surface area contributed by atoms with E-state index in [0.29, 0.717) is 5.56 Å². The van der Waals surface area contributed by atoms with Crippen molar-refractivity contribution in [3.05, 3.63) is 189 Å². The van der Waals surface area contributed by atoms with E-state index in [1.165, 1.54) is 55.5 Å². The Balaban J connectivity index is 1.17. The van der Waals surface area contributed by atoms with Gasteiger partial charge < -0.3 is 19.1 Å². The second kappa shape index (κ2) is 18.5. The maximum atomic E-state index is 9.48. The molecule has 3 heterocycles. The monoisotopic (exact) mass is 1110 g/mol. The molecule has 430 valence electrons. The summed E-state index contributed by atoms with van der Waals surface area (Å²) in [5.41, 5.74) is 25.5. The van der Waals surface area contributed by atoms with Crippen LogP contribution in [0.5, 0.6) is 0 Å². The van der Waals surface area contributed by atoms with Crippen LogP contribution in [0.1, 0.15) is 203 Å². The number of nitrogens with zero attached hydrogens (tertiary/aromatic N) is 3. The number of anilines is 9. The summed E-state index contributed by atoms with van der Waals surface area (Å²) in [7, 11) is 0. The first-order valence-electron chi connectivity index (χ1n) is 32.7. The molecule has 13 rings (SSSR count). The number of fused-ring (bicyclic) bond motifs is 9. The van der Waals surface area contributed by atoms with Crippen LogP contribution in [0.25, 0.3) is 21.9 Å². The van der Waals surface area contributed by atoms with Crippen LogP contribution >= 0.6 is 0 Å². The highest BCUT2D eigenvalue weighted by molar-refractivity contribution is 7.00. The number of para-hydroxylation sites is 1. The standard InChI is InChI=1S/C79H90BN3O/c1-47-38-68-71-69(39-47)83(65-23-21-22-56-55-29-24-52(75(10,11)12)42-70(55)84-72(56)65)66-44-54(81(63-32-25-50(40-48(63)2)73(4,5)6)64-33-26-51(41-49(64)3)74(7,8)9)28-31-61(66)80(71)62-45-59-60(79(19,20)37-36-78(59,17)18)46-67(62)82(68)53-27-30-57-58(43-53)77(15,16)35-34-76(57,13)14/h21-33,38-46H,34-37H2,1-20H3/i1D3. The molecule has 2 aliphatic heterocycles. The molecule has 0 unspecified atom stereocenters. The van der Waals surface area contributed by atoms with Gasteiger partial charge in [-0.05, 0) is 223 Å². The quantitative estimate of drug-likeness (QED) is 0.160. The van der Waals surface area contributed by atoms with Gasteiger partial charge in [0.25, 0.3) is 6.71 Å². The fourth-order valence-electron chi connectivity index (χ4n) is 15.0. The lowest BCUT2D eigenvalue weighted by molar-refractivity contribution is 0.332. The summed E-state index contributed by atoms with van der Waals surface area (Å²) in [6, 6.07) is 50.7. The molecule has 4 nitrogen and oxygen atoms in total. The van der Waals surface area contributed by atoms with Gasteiger partial charge in [0.2, 0.25) is 0 Å². The van der Waals surface area contributed by atoms with Crippen molar-refractivity contribution in [2.24, 2.45) is 0 Å². The van der Waals surface area contributed by atoms with Gasteiger partial charge in [0, 0.05) is 60.4 Å². The van der Waals surface area contributed by atoms with Crippen molar-refractivity contribution in [2.45, 2.75) is 202 Å². The molecule has 0 amide bonds. The van der Waals surface area contributed by atoms with Crippen LogP contribution < -0.4 is 31.1 Å². The van der Waals surface area contributed by atoms with Crippen LogP contribution in [-0.4, -0.2) is 6.71 Å². The van der Waals surface area contributed by atoms with Crippen LogP contribution in [0.4, 0.5) is 51.2 Å². The van der Waals surface area contributed by atoms with Crippen molar-refractivity contribution in [1.82, 2.24) is 0 Å². The molecule has 84 heavy (non-hydrogen) atoms. The second-order valence-corrected chi connectivity index (χ2v) is 31.6. The van der Waals surface area contributed by atoms with Crippen molar-refractivity contribution in [3.8, 4) is 0 Å². The third kappa shape index (κ3) is 8.81. The Labute approximate surface area is 508 Å².